The lowest BCUT2D eigenvalue weighted by Crippen LogP contribution is -2.24. The van der Waals surface area contributed by atoms with E-state index in [-0.39, 0.29) is 5.97 Å². The Kier molecular flexibility index (Phi) is 2.72. The van der Waals surface area contributed by atoms with Crippen molar-refractivity contribution in [2.75, 3.05) is 18.0 Å². The highest BCUT2D eigenvalue weighted by Crippen LogP contribution is 2.30. The summed E-state index contributed by atoms with van der Waals surface area (Å²) in [5.74, 6) is 0.468. The second-order valence-corrected chi connectivity index (χ2v) is 3.43. The first kappa shape index (κ1) is 9.77. The number of hydrogen-bond donors (Lipinski definition) is 0. The summed E-state index contributed by atoms with van der Waals surface area (Å²) in [7, 11) is 0. The molecule has 1 aromatic carbocycles. The average molecular weight is 203 g/mol. The zero-order chi connectivity index (χ0) is 10.7. The predicted octanol–water partition coefficient (Wildman–Crippen LogP) is 1.99. The van der Waals surface area contributed by atoms with Crippen LogP contribution in [0.5, 0.6) is 5.75 Å². The summed E-state index contributed by atoms with van der Waals surface area (Å²) in [4.78, 5) is 13.4. The van der Waals surface area contributed by atoms with Crippen molar-refractivity contribution in [3.05, 3.63) is 36.9 Å². The van der Waals surface area contributed by atoms with Gasteiger partial charge in [0, 0.05) is 13.1 Å². The van der Waals surface area contributed by atoms with Crippen LogP contribution >= 0.6 is 0 Å². The van der Waals surface area contributed by atoms with Gasteiger partial charge in [0.05, 0.1) is 12.1 Å². The Bertz CT molecular complexity index is 387. The summed E-state index contributed by atoms with van der Waals surface area (Å²) in [5.41, 5.74) is 0.961. The van der Waals surface area contributed by atoms with Crippen molar-refractivity contribution in [2.24, 2.45) is 0 Å². The Morgan fingerprint density at radius 2 is 2.27 bits per heavy atom. The lowest BCUT2D eigenvalue weighted by molar-refractivity contribution is -0.133. The minimum absolute atomic E-state index is 0.172. The third-order valence-corrected chi connectivity index (χ3v) is 2.37. The number of nitrogens with zero attached hydrogens (tertiary/aromatic N) is 1. The van der Waals surface area contributed by atoms with Crippen LogP contribution in [0.4, 0.5) is 5.69 Å². The highest BCUT2D eigenvalue weighted by atomic mass is 16.5. The molecule has 0 saturated heterocycles. The van der Waals surface area contributed by atoms with E-state index < -0.39 is 0 Å². The van der Waals surface area contributed by atoms with Gasteiger partial charge >= 0.3 is 5.97 Å². The van der Waals surface area contributed by atoms with E-state index in [0.29, 0.717) is 18.7 Å². The fourth-order valence-electron chi connectivity index (χ4n) is 1.67. The highest BCUT2D eigenvalue weighted by molar-refractivity contribution is 5.78. The van der Waals surface area contributed by atoms with Gasteiger partial charge in [-0.25, -0.2) is 0 Å². The van der Waals surface area contributed by atoms with E-state index in [1.165, 1.54) is 0 Å². The van der Waals surface area contributed by atoms with E-state index in [2.05, 4.69) is 11.5 Å². The third kappa shape index (κ3) is 2.01. The molecule has 15 heavy (non-hydrogen) atoms. The first-order valence-electron chi connectivity index (χ1n) is 4.97. The van der Waals surface area contributed by atoms with Crippen LogP contribution in [0.25, 0.3) is 0 Å². The number of benzene rings is 1. The van der Waals surface area contributed by atoms with Gasteiger partial charge in [-0.05, 0) is 12.1 Å². The SMILES string of the molecule is C=CCN1CCC(=O)Oc2ccccc21. The van der Waals surface area contributed by atoms with Crippen LogP contribution < -0.4 is 9.64 Å². The number of para-hydroxylation sites is 2. The van der Waals surface area contributed by atoms with E-state index in [4.69, 9.17) is 4.74 Å². The minimum Gasteiger partial charge on any atom is -0.424 e. The maximum Gasteiger partial charge on any atom is 0.313 e. The predicted molar refractivity (Wildman–Crippen MR) is 59.1 cm³/mol. The molecule has 0 aromatic heterocycles. The molecule has 78 valence electrons. The number of hydrogen-bond acceptors (Lipinski definition) is 3. The molecule has 0 spiro atoms. The number of esters is 1. The second-order valence-electron chi connectivity index (χ2n) is 3.43. The van der Waals surface area contributed by atoms with Gasteiger partial charge in [-0.3, -0.25) is 4.79 Å². The second kappa shape index (κ2) is 4.17. The van der Waals surface area contributed by atoms with Gasteiger partial charge in [-0.15, -0.1) is 6.58 Å². The van der Waals surface area contributed by atoms with Crippen molar-refractivity contribution >= 4 is 11.7 Å². The van der Waals surface area contributed by atoms with Gasteiger partial charge < -0.3 is 9.64 Å². The van der Waals surface area contributed by atoms with E-state index in [1.807, 2.05) is 30.3 Å². The van der Waals surface area contributed by atoms with Crippen LogP contribution in [0.1, 0.15) is 6.42 Å². The summed E-state index contributed by atoms with van der Waals surface area (Å²) in [6.07, 6.45) is 2.25. The fraction of sp³-hybridized carbons (Fsp3) is 0.250. The molecule has 3 heteroatoms. The molecule has 0 aliphatic carbocycles. The topological polar surface area (TPSA) is 29.5 Å². The van der Waals surface area contributed by atoms with Crippen molar-refractivity contribution in [1.29, 1.82) is 0 Å². The molecule has 1 heterocycles. The maximum atomic E-state index is 11.3. The van der Waals surface area contributed by atoms with Crippen LogP contribution in [-0.2, 0) is 4.79 Å². The number of fused-ring (bicyclic) bond motifs is 1. The van der Waals surface area contributed by atoms with Crippen molar-refractivity contribution in [3.63, 3.8) is 0 Å². The van der Waals surface area contributed by atoms with Gasteiger partial charge in [-0.1, -0.05) is 18.2 Å². The zero-order valence-electron chi connectivity index (χ0n) is 8.48. The van der Waals surface area contributed by atoms with E-state index in [9.17, 15) is 4.79 Å². The Hall–Kier alpha value is -1.77. The third-order valence-electron chi connectivity index (χ3n) is 2.37. The first-order valence-corrected chi connectivity index (χ1v) is 4.97. The quantitative estimate of drug-likeness (QED) is 0.418. The first-order chi connectivity index (χ1) is 7.31. The summed E-state index contributed by atoms with van der Waals surface area (Å²) < 4.78 is 5.22. The highest BCUT2D eigenvalue weighted by Gasteiger charge is 2.19. The van der Waals surface area contributed by atoms with Crippen molar-refractivity contribution < 1.29 is 9.53 Å². The zero-order valence-corrected chi connectivity index (χ0v) is 8.48. The Labute approximate surface area is 89.0 Å². The minimum atomic E-state index is -0.172. The van der Waals surface area contributed by atoms with Gasteiger partial charge in [0.1, 0.15) is 0 Å². The Morgan fingerprint density at radius 3 is 3.07 bits per heavy atom. The molecule has 1 aromatic rings. The van der Waals surface area contributed by atoms with E-state index in [1.54, 1.807) is 0 Å². The molecule has 1 aliphatic heterocycles. The van der Waals surface area contributed by atoms with E-state index in [0.717, 1.165) is 12.2 Å². The van der Waals surface area contributed by atoms with Crippen molar-refractivity contribution in [3.8, 4) is 5.75 Å². The molecule has 0 bridgehead atoms. The largest absolute Gasteiger partial charge is 0.424 e. The van der Waals surface area contributed by atoms with Crippen LogP contribution in [0.3, 0.4) is 0 Å². The van der Waals surface area contributed by atoms with Gasteiger partial charge in [-0.2, -0.15) is 0 Å². The lowest BCUT2D eigenvalue weighted by Gasteiger charge is -2.21. The van der Waals surface area contributed by atoms with Gasteiger partial charge in [0.15, 0.2) is 5.75 Å². The molecule has 0 atom stereocenters. The van der Waals surface area contributed by atoms with E-state index >= 15 is 0 Å². The summed E-state index contributed by atoms with van der Waals surface area (Å²) in [6, 6.07) is 7.57. The standard InChI is InChI=1S/C12H13NO2/c1-2-8-13-9-7-12(14)15-11-6-4-3-5-10(11)13/h2-6H,1,7-9H2. The monoisotopic (exact) mass is 203 g/mol. The summed E-state index contributed by atoms with van der Waals surface area (Å²) in [5, 5.41) is 0. The van der Waals surface area contributed by atoms with Gasteiger partial charge in [0.25, 0.3) is 0 Å². The number of rotatable bonds is 2. The molecular weight excluding hydrogens is 190 g/mol. The van der Waals surface area contributed by atoms with Crippen molar-refractivity contribution in [1.82, 2.24) is 0 Å². The number of ether oxygens (including phenoxy) is 1. The molecule has 2 rings (SSSR count). The summed E-state index contributed by atoms with van der Waals surface area (Å²) >= 11 is 0. The molecule has 0 amide bonds. The lowest BCUT2D eigenvalue weighted by atomic mass is 10.2. The molecule has 0 fully saturated rings. The number of carbonyl (C=O) groups excluding carboxylic acids is 1. The molecule has 1 aliphatic rings. The summed E-state index contributed by atoms with van der Waals surface area (Å²) in [6.45, 7) is 5.12. The normalized spacial score (nSPS) is 15.2. The van der Waals surface area contributed by atoms with Crippen LogP contribution in [0, 0.1) is 0 Å². The maximum absolute atomic E-state index is 11.3. The number of anilines is 1. The van der Waals surface area contributed by atoms with Crippen LogP contribution in [0.15, 0.2) is 36.9 Å². The van der Waals surface area contributed by atoms with Crippen LogP contribution in [-0.4, -0.2) is 19.1 Å². The average Bonchev–Trinajstić information content (AvgIpc) is 2.39. The molecule has 0 N–H and O–H groups in total. The molecule has 3 nitrogen and oxygen atoms in total. The Balaban J connectivity index is 2.37. The molecule has 0 unspecified atom stereocenters. The Morgan fingerprint density at radius 1 is 1.47 bits per heavy atom. The van der Waals surface area contributed by atoms with Crippen LogP contribution in [0.2, 0.25) is 0 Å². The van der Waals surface area contributed by atoms with Crippen molar-refractivity contribution in [2.45, 2.75) is 6.42 Å². The molecular formula is C12H13NO2. The van der Waals surface area contributed by atoms with Gasteiger partial charge in [0.2, 0.25) is 0 Å². The molecule has 0 radical (unpaired) electrons. The smallest absolute Gasteiger partial charge is 0.313 e. The fourth-order valence-corrected chi connectivity index (χ4v) is 1.67. The molecule has 0 saturated carbocycles. The number of carbonyl (C=O) groups is 1.